The number of nitrogens with zero attached hydrogens (tertiary/aromatic N) is 1. The van der Waals surface area contributed by atoms with E-state index in [4.69, 9.17) is 23.2 Å². The molecule has 0 unspecified atom stereocenters. The van der Waals surface area contributed by atoms with Crippen LogP contribution < -0.4 is 5.32 Å². The van der Waals surface area contributed by atoms with E-state index in [9.17, 15) is 14.9 Å². The number of halogens is 2. The fourth-order valence-electron chi connectivity index (χ4n) is 1.70. The van der Waals surface area contributed by atoms with Gasteiger partial charge in [0.2, 0.25) is 0 Å². The standard InChI is InChI=1S/C13H10Cl2N2O3S/c14-11-6-9(17(19)20)5-10(12(11)15)13(18)16-3-1-8-2-4-21-7-8/h2,4-7H,1,3H2,(H,16,18). The van der Waals surface area contributed by atoms with Gasteiger partial charge in [-0.25, -0.2) is 0 Å². The first-order valence-electron chi connectivity index (χ1n) is 5.91. The van der Waals surface area contributed by atoms with E-state index in [0.29, 0.717) is 13.0 Å². The van der Waals surface area contributed by atoms with Crippen LogP contribution in [0, 0.1) is 10.1 Å². The van der Waals surface area contributed by atoms with Crippen molar-refractivity contribution in [1.29, 1.82) is 0 Å². The number of thiophene rings is 1. The Kier molecular flexibility index (Phi) is 5.17. The van der Waals surface area contributed by atoms with Gasteiger partial charge in [-0.3, -0.25) is 14.9 Å². The highest BCUT2D eigenvalue weighted by molar-refractivity contribution is 7.07. The summed E-state index contributed by atoms with van der Waals surface area (Å²) in [6, 6.07) is 4.20. The first-order chi connectivity index (χ1) is 9.99. The lowest BCUT2D eigenvalue weighted by Gasteiger charge is -2.07. The predicted molar refractivity (Wildman–Crippen MR) is 83.5 cm³/mol. The van der Waals surface area contributed by atoms with Gasteiger partial charge in [-0.1, -0.05) is 23.2 Å². The summed E-state index contributed by atoms with van der Waals surface area (Å²) in [5.41, 5.74) is 0.844. The highest BCUT2D eigenvalue weighted by Gasteiger charge is 2.19. The predicted octanol–water partition coefficient (Wildman–Crippen LogP) is 3.94. The smallest absolute Gasteiger partial charge is 0.271 e. The minimum atomic E-state index is -0.621. The summed E-state index contributed by atoms with van der Waals surface area (Å²) in [6.45, 7) is 0.409. The van der Waals surface area contributed by atoms with Gasteiger partial charge < -0.3 is 5.32 Å². The SMILES string of the molecule is O=C(NCCc1ccsc1)c1cc([N+](=O)[O-])cc(Cl)c1Cl. The van der Waals surface area contributed by atoms with Crippen molar-refractivity contribution in [1.82, 2.24) is 5.32 Å². The van der Waals surface area contributed by atoms with Gasteiger partial charge in [0.25, 0.3) is 11.6 Å². The Bertz CT molecular complexity index is 674. The summed E-state index contributed by atoms with van der Waals surface area (Å²) in [5.74, 6) is -0.485. The van der Waals surface area contributed by atoms with Crippen LogP contribution in [0.3, 0.4) is 0 Å². The lowest BCUT2D eigenvalue weighted by Crippen LogP contribution is -2.26. The fraction of sp³-hybridized carbons (Fsp3) is 0.154. The summed E-state index contributed by atoms with van der Waals surface area (Å²) >= 11 is 13.3. The average Bonchev–Trinajstić information content (AvgIpc) is 2.94. The lowest BCUT2D eigenvalue weighted by atomic mass is 10.1. The van der Waals surface area contributed by atoms with Crippen molar-refractivity contribution in [2.24, 2.45) is 0 Å². The Morgan fingerprint density at radius 3 is 2.76 bits per heavy atom. The molecule has 8 heteroatoms. The number of amides is 1. The Hall–Kier alpha value is -1.63. The quantitative estimate of drug-likeness (QED) is 0.659. The molecule has 0 aliphatic carbocycles. The second-order valence-corrected chi connectivity index (χ2v) is 5.75. The number of nitro benzene ring substituents is 1. The second kappa shape index (κ2) is 6.89. The van der Waals surface area contributed by atoms with Crippen molar-refractivity contribution in [2.45, 2.75) is 6.42 Å². The van der Waals surface area contributed by atoms with Crippen molar-refractivity contribution in [3.8, 4) is 0 Å². The van der Waals surface area contributed by atoms with Crippen LogP contribution in [0.4, 0.5) is 5.69 Å². The van der Waals surface area contributed by atoms with E-state index in [-0.39, 0.29) is 21.3 Å². The molecular weight excluding hydrogens is 335 g/mol. The zero-order chi connectivity index (χ0) is 15.4. The average molecular weight is 345 g/mol. The van der Waals surface area contributed by atoms with Crippen LogP contribution in [0.2, 0.25) is 10.0 Å². The Labute approximate surface area is 134 Å². The number of rotatable bonds is 5. The minimum absolute atomic E-state index is 0.00110. The zero-order valence-corrected chi connectivity index (χ0v) is 13.0. The highest BCUT2D eigenvalue weighted by Crippen LogP contribution is 2.30. The molecular formula is C13H10Cl2N2O3S. The molecule has 110 valence electrons. The van der Waals surface area contributed by atoms with Gasteiger partial charge in [-0.2, -0.15) is 11.3 Å². The summed E-state index contributed by atoms with van der Waals surface area (Å²) in [5, 5.41) is 17.4. The Morgan fingerprint density at radius 1 is 1.38 bits per heavy atom. The maximum Gasteiger partial charge on any atom is 0.271 e. The molecule has 1 heterocycles. The van der Waals surface area contributed by atoms with Crippen LogP contribution in [0.25, 0.3) is 0 Å². The lowest BCUT2D eigenvalue weighted by molar-refractivity contribution is -0.384. The third kappa shape index (κ3) is 3.93. The molecule has 2 rings (SSSR count). The van der Waals surface area contributed by atoms with E-state index in [0.717, 1.165) is 17.7 Å². The number of carbonyl (C=O) groups is 1. The van der Waals surface area contributed by atoms with Crippen LogP contribution in [-0.2, 0) is 6.42 Å². The van der Waals surface area contributed by atoms with Gasteiger partial charge in [0.05, 0.1) is 20.5 Å². The number of hydrogen-bond acceptors (Lipinski definition) is 4. The van der Waals surface area contributed by atoms with Crippen LogP contribution in [0.15, 0.2) is 29.0 Å². The molecule has 0 saturated carbocycles. The van der Waals surface area contributed by atoms with Crippen LogP contribution in [0.1, 0.15) is 15.9 Å². The maximum absolute atomic E-state index is 12.0. The molecule has 0 radical (unpaired) electrons. The monoisotopic (exact) mass is 344 g/mol. The molecule has 0 spiro atoms. The van der Waals surface area contributed by atoms with Crippen molar-refractivity contribution in [2.75, 3.05) is 6.54 Å². The number of nitrogens with one attached hydrogen (secondary N) is 1. The molecule has 0 fully saturated rings. The third-order valence-corrected chi connectivity index (χ3v) is 4.28. The Balaban J connectivity index is 2.09. The van der Waals surface area contributed by atoms with Gasteiger partial charge in [0.1, 0.15) is 0 Å². The van der Waals surface area contributed by atoms with E-state index in [1.165, 1.54) is 0 Å². The number of hydrogen-bond donors (Lipinski definition) is 1. The maximum atomic E-state index is 12.0. The van der Waals surface area contributed by atoms with E-state index >= 15 is 0 Å². The number of non-ortho nitro benzene ring substituents is 1. The van der Waals surface area contributed by atoms with Crippen LogP contribution in [-0.4, -0.2) is 17.4 Å². The van der Waals surface area contributed by atoms with Gasteiger partial charge in [-0.05, 0) is 28.8 Å². The second-order valence-electron chi connectivity index (χ2n) is 4.18. The molecule has 21 heavy (non-hydrogen) atoms. The summed E-state index contributed by atoms with van der Waals surface area (Å²) in [4.78, 5) is 22.2. The molecule has 0 aliphatic heterocycles. The molecule has 1 aromatic carbocycles. The van der Waals surface area contributed by atoms with E-state index in [1.807, 2.05) is 16.8 Å². The van der Waals surface area contributed by atoms with Crippen LogP contribution in [0.5, 0.6) is 0 Å². The summed E-state index contributed by atoms with van der Waals surface area (Å²) in [6.07, 6.45) is 0.676. The van der Waals surface area contributed by atoms with E-state index in [2.05, 4.69) is 5.32 Å². The van der Waals surface area contributed by atoms with Crippen molar-refractivity contribution >= 4 is 46.1 Å². The molecule has 0 saturated heterocycles. The fourth-order valence-corrected chi connectivity index (χ4v) is 2.81. The normalized spacial score (nSPS) is 10.4. The number of carbonyl (C=O) groups excluding carboxylic acids is 1. The Morgan fingerprint density at radius 2 is 2.14 bits per heavy atom. The van der Waals surface area contributed by atoms with Gasteiger partial charge >= 0.3 is 0 Å². The van der Waals surface area contributed by atoms with Crippen molar-refractivity contribution in [3.05, 3.63) is 60.2 Å². The largest absolute Gasteiger partial charge is 0.352 e. The molecule has 1 N–H and O–H groups in total. The molecule has 5 nitrogen and oxygen atoms in total. The number of benzene rings is 1. The van der Waals surface area contributed by atoms with Gasteiger partial charge in [0.15, 0.2) is 0 Å². The molecule has 0 bridgehead atoms. The zero-order valence-electron chi connectivity index (χ0n) is 10.6. The van der Waals surface area contributed by atoms with Crippen molar-refractivity contribution in [3.63, 3.8) is 0 Å². The van der Waals surface area contributed by atoms with Crippen molar-refractivity contribution < 1.29 is 9.72 Å². The number of nitro groups is 1. The molecule has 1 aromatic heterocycles. The third-order valence-electron chi connectivity index (χ3n) is 2.75. The highest BCUT2D eigenvalue weighted by atomic mass is 35.5. The topological polar surface area (TPSA) is 72.2 Å². The van der Waals surface area contributed by atoms with E-state index < -0.39 is 10.8 Å². The minimum Gasteiger partial charge on any atom is -0.352 e. The van der Waals surface area contributed by atoms with Gasteiger partial charge in [0, 0.05) is 18.7 Å². The molecule has 1 amide bonds. The summed E-state index contributed by atoms with van der Waals surface area (Å²) < 4.78 is 0. The van der Waals surface area contributed by atoms with Gasteiger partial charge in [-0.15, -0.1) is 0 Å². The van der Waals surface area contributed by atoms with Crippen LogP contribution >= 0.6 is 34.5 Å². The molecule has 2 aromatic rings. The van der Waals surface area contributed by atoms with E-state index in [1.54, 1.807) is 11.3 Å². The molecule has 0 atom stereocenters. The first kappa shape index (κ1) is 15.8. The first-order valence-corrected chi connectivity index (χ1v) is 7.61. The molecule has 0 aliphatic rings. The summed E-state index contributed by atoms with van der Waals surface area (Å²) in [7, 11) is 0.